The van der Waals surface area contributed by atoms with Crippen molar-refractivity contribution < 1.29 is 9.90 Å². The van der Waals surface area contributed by atoms with Crippen LogP contribution in [0.15, 0.2) is 0 Å². The Hall–Kier alpha value is -0.220. The molecule has 0 radical (unpaired) electrons. The summed E-state index contributed by atoms with van der Waals surface area (Å²) in [6.07, 6.45) is 4.59. The average molecular weight is 243 g/mol. The standard InChI is InChI=1S/C12H21NO2S/c14-11-2-1-5-13(9-11)12(15)8-10-3-6-16-7-4-10/h10-11,14H,1-9H2. The molecule has 0 bridgehead atoms. The molecular weight excluding hydrogens is 222 g/mol. The van der Waals surface area contributed by atoms with Crippen molar-refractivity contribution in [2.45, 2.75) is 38.2 Å². The van der Waals surface area contributed by atoms with Crippen LogP contribution in [0.5, 0.6) is 0 Å². The number of amides is 1. The number of hydrogen-bond donors (Lipinski definition) is 1. The summed E-state index contributed by atoms with van der Waals surface area (Å²) >= 11 is 2.00. The Labute approximate surface area is 102 Å². The van der Waals surface area contributed by atoms with Crippen LogP contribution in [0.1, 0.15) is 32.1 Å². The van der Waals surface area contributed by atoms with E-state index in [0.717, 1.165) is 19.4 Å². The number of thioether (sulfide) groups is 1. The lowest BCUT2D eigenvalue weighted by Gasteiger charge is -2.32. The summed E-state index contributed by atoms with van der Waals surface area (Å²) < 4.78 is 0. The maximum Gasteiger partial charge on any atom is 0.222 e. The lowest BCUT2D eigenvalue weighted by Crippen LogP contribution is -2.42. The highest BCUT2D eigenvalue weighted by atomic mass is 32.2. The number of piperidine rings is 1. The fourth-order valence-electron chi connectivity index (χ4n) is 2.51. The highest BCUT2D eigenvalue weighted by Crippen LogP contribution is 2.26. The molecule has 2 rings (SSSR count). The van der Waals surface area contributed by atoms with Crippen molar-refractivity contribution in [3.63, 3.8) is 0 Å². The van der Waals surface area contributed by atoms with Gasteiger partial charge in [0.15, 0.2) is 0 Å². The maximum atomic E-state index is 12.0. The fourth-order valence-corrected chi connectivity index (χ4v) is 3.71. The van der Waals surface area contributed by atoms with Crippen LogP contribution < -0.4 is 0 Å². The molecule has 2 saturated heterocycles. The zero-order chi connectivity index (χ0) is 11.4. The molecule has 92 valence electrons. The second kappa shape index (κ2) is 5.92. The van der Waals surface area contributed by atoms with E-state index in [4.69, 9.17) is 0 Å². The first-order valence-electron chi connectivity index (χ1n) is 6.29. The number of hydrogen-bond acceptors (Lipinski definition) is 3. The number of likely N-dealkylation sites (tertiary alicyclic amines) is 1. The molecule has 0 aromatic heterocycles. The fraction of sp³-hybridized carbons (Fsp3) is 0.917. The molecule has 1 N–H and O–H groups in total. The Morgan fingerprint density at radius 3 is 2.75 bits per heavy atom. The number of aliphatic hydroxyl groups is 1. The third kappa shape index (κ3) is 3.39. The third-order valence-electron chi connectivity index (χ3n) is 3.55. The van der Waals surface area contributed by atoms with Gasteiger partial charge in [-0.15, -0.1) is 0 Å². The van der Waals surface area contributed by atoms with Crippen LogP contribution >= 0.6 is 11.8 Å². The van der Waals surface area contributed by atoms with Gasteiger partial charge in [-0.3, -0.25) is 4.79 Å². The third-order valence-corrected chi connectivity index (χ3v) is 4.60. The number of rotatable bonds is 2. The molecule has 0 aromatic rings. The summed E-state index contributed by atoms with van der Waals surface area (Å²) in [5.74, 6) is 3.27. The molecule has 0 aromatic carbocycles. The van der Waals surface area contributed by atoms with Gasteiger partial charge >= 0.3 is 0 Å². The molecule has 1 amide bonds. The predicted octanol–water partition coefficient (Wildman–Crippen LogP) is 1.50. The first kappa shape index (κ1) is 12.2. The van der Waals surface area contributed by atoms with Gasteiger partial charge < -0.3 is 10.0 Å². The SMILES string of the molecule is O=C(CC1CCSCC1)N1CCCC(O)C1. The number of β-amino-alcohol motifs (C(OH)–C–C–N with tert-alkyl or cyclic N) is 1. The number of carbonyl (C=O) groups excluding carboxylic acids is 1. The molecular formula is C12H21NO2S. The summed E-state index contributed by atoms with van der Waals surface area (Å²) in [6, 6.07) is 0. The molecule has 2 fully saturated rings. The summed E-state index contributed by atoms with van der Waals surface area (Å²) in [6.45, 7) is 1.40. The van der Waals surface area contributed by atoms with Crippen LogP contribution in [-0.2, 0) is 4.79 Å². The Bertz CT molecular complexity index is 241. The van der Waals surface area contributed by atoms with Gasteiger partial charge in [0.1, 0.15) is 0 Å². The molecule has 3 nitrogen and oxygen atoms in total. The quantitative estimate of drug-likeness (QED) is 0.799. The predicted molar refractivity (Wildman–Crippen MR) is 66.5 cm³/mol. The van der Waals surface area contributed by atoms with E-state index < -0.39 is 0 Å². The largest absolute Gasteiger partial charge is 0.391 e. The van der Waals surface area contributed by atoms with Crippen molar-refractivity contribution in [1.29, 1.82) is 0 Å². The van der Waals surface area contributed by atoms with E-state index in [1.165, 1.54) is 24.3 Å². The minimum atomic E-state index is -0.292. The Balaban J connectivity index is 1.77. The average Bonchev–Trinajstić information content (AvgIpc) is 2.30. The van der Waals surface area contributed by atoms with Crippen LogP contribution in [0.2, 0.25) is 0 Å². The van der Waals surface area contributed by atoms with Gasteiger partial charge in [-0.1, -0.05) is 0 Å². The molecule has 4 heteroatoms. The van der Waals surface area contributed by atoms with Crippen molar-refractivity contribution in [3.8, 4) is 0 Å². The van der Waals surface area contributed by atoms with E-state index in [2.05, 4.69) is 0 Å². The van der Waals surface area contributed by atoms with Gasteiger partial charge in [0, 0.05) is 19.5 Å². The number of nitrogens with zero attached hydrogens (tertiary/aromatic N) is 1. The molecule has 0 aliphatic carbocycles. The topological polar surface area (TPSA) is 40.5 Å². The highest BCUT2D eigenvalue weighted by Gasteiger charge is 2.25. The Morgan fingerprint density at radius 2 is 2.06 bits per heavy atom. The molecule has 16 heavy (non-hydrogen) atoms. The van der Waals surface area contributed by atoms with Crippen LogP contribution in [-0.4, -0.2) is 46.6 Å². The molecule has 1 atom stereocenters. The zero-order valence-electron chi connectivity index (χ0n) is 9.73. The Kier molecular flexibility index (Phi) is 4.53. The van der Waals surface area contributed by atoms with Crippen LogP contribution in [0.25, 0.3) is 0 Å². The van der Waals surface area contributed by atoms with Crippen LogP contribution in [0.3, 0.4) is 0 Å². The lowest BCUT2D eigenvalue weighted by atomic mass is 9.97. The Morgan fingerprint density at radius 1 is 1.31 bits per heavy atom. The van der Waals surface area contributed by atoms with Crippen molar-refractivity contribution in [2.75, 3.05) is 24.6 Å². The highest BCUT2D eigenvalue weighted by molar-refractivity contribution is 7.99. The minimum Gasteiger partial charge on any atom is -0.391 e. The monoisotopic (exact) mass is 243 g/mol. The second-order valence-corrected chi connectivity index (χ2v) is 6.12. The van der Waals surface area contributed by atoms with Gasteiger partial charge in [-0.2, -0.15) is 11.8 Å². The van der Waals surface area contributed by atoms with Crippen molar-refractivity contribution in [2.24, 2.45) is 5.92 Å². The molecule has 0 saturated carbocycles. The number of carbonyl (C=O) groups is 1. The van der Waals surface area contributed by atoms with Gasteiger partial charge in [-0.25, -0.2) is 0 Å². The van der Waals surface area contributed by atoms with Gasteiger partial charge in [0.05, 0.1) is 6.10 Å². The first-order chi connectivity index (χ1) is 7.75. The summed E-state index contributed by atoms with van der Waals surface area (Å²) in [5, 5.41) is 9.54. The molecule has 1 unspecified atom stereocenters. The van der Waals surface area contributed by atoms with Gasteiger partial charge in [0.2, 0.25) is 5.91 Å². The van der Waals surface area contributed by atoms with E-state index in [0.29, 0.717) is 18.9 Å². The first-order valence-corrected chi connectivity index (χ1v) is 7.45. The van der Waals surface area contributed by atoms with E-state index in [-0.39, 0.29) is 12.0 Å². The van der Waals surface area contributed by atoms with Crippen molar-refractivity contribution in [1.82, 2.24) is 4.90 Å². The summed E-state index contributed by atoms with van der Waals surface area (Å²) in [7, 11) is 0. The molecule has 2 heterocycles. The van der Waals surface area contributed by atoms with E-state index in [9.17, 15) is 9.90 Å². The van der Waals surface area contributed by atoms with Gasteiger partial charge in [-0.05, 0) is 43.1 Å². The van der Waals surface area contributed by atoms with Crippen molar-refractivity contribution >= 4 is 17.7 Å². The molecule has 2 aliphatic heterocycles. The zero-order valence-corrected chi connectivity index (χ0v) is 10.5. The summed E-state index contributed by atoms with van der Waals surface area (Å²) in [5.41, 5.74) is 0. The minimum absolute atomic E-state index is 0.260. The number of aliphatic hydroxyl groups excluding tert-OH is 1. The van der Waals surface area contributed by atoms with E-state index in [1.807, 2.05) is 16.7 Å². The van der Waals surface area contributed by atoms with Crippen LogP contribution in [0.4, 0.5) is 0 Å². The molecule has 0 spiro atoms. The van der Waals surface area contributed by atoms with E-state index >= 15 is 0 Å². The molecule has 2 aliphatic rings. The van der Waals surface area contributed by atoms with Gasteiger partial charge in [0.25, 0.3) is 0 Å². The normalized spacial score (nSPS) is 28.1. The lowest BCUT2D eigenvalue weighted by molar-refractivity contribution is -0.135. The summed E-state index contributed by atoms with van der Waals surface area (Å²) in [4.78, 5) is 13.9. The smallest absolute Gasteiger partial charge is 0.222 e. The van der Waals surface area contributed by atoms with E-state index in [1.54, 1.807) is 0 Å². The second-order valence-electron chi connectivity index (χ2n) is 4.90. The van der Waals surface area contributed by atoms with Crippen molar-refractivity contribution in [3.05, 3.63) is 0 Å². The van der Waals surface area contributed by atoms with Crippen LogP contribution in [0, 0.1) is 5.92 Å². The maximum absolute atomic E-state index is 12.0.